The highest BCUT2D eigenvalue weighted by atomic mass is 16.4. The maximum Gasteiger partial charge on any atom is 0.336 e. The van der Waals surface area contributed by atoms with Crippen LogP contribution in [0.3, 0.4) is 0 Å². The van der Waals surface area contributed by atoms with Gasteiger partial charge in [0.05, 0.1) is 5.69 Å². The first-order valence-corrected chi connectivity index (χ1v) is 7.91. The molecule has 0 aliphatic carbocycles. The van der Waals surface area contributed by atoms with Gasteiger partial charge in [0.2, 0.25) is 0 Å². The minimum atomic E-state index is -0.327. The van der Waals surface area contributed by atoms with Crippen molar-refractivity contribution in [1.29, 1.82) is 0 Å². The first-order valence-electron chi connectivity index (χ1n) is 7.91. The quantitative estimate of drug-likeness (QED) is 0.406. The molecule has 0 aliphatic heterocycles. The third-order valence-electron chi connectivity index (χ3n) is 4.46. The van der Waals surface area contributed by atoms with Gasteiger partial charge in [0.25, 0.3) is 0 Å². The molecule has 118 valence electrons. The van der Waals surface area contributed by atoms with E-state index in [0.29, 0.717) is 5.58 Å². The topological polar surface area (TPSA) is 35.1 Å². The van der Waals surface area contributed by atoms with Crippen molar-refractivity contribution in [1.82, 2.24) is 4.57 Å². The van der Waals surface area contributed by atoms with Crippen LogP contribution in [0.25, 0.3) is 33.1 Å². The predicted molar refractivity (Wildman–Crippen MR) is 98.3 cm³/mol. The lowest BCUT2D eigenvalue weighted by molar-refractivity contribution is 0.561. The van der Waals surface area contributed by atoms with E-state index in [0.717, 1.165) is 22.7 Å². The minimum absolute atomic E-state index is 0.327. The Morgan fingerprint density at radius 1 is 1.08 bits per heavy atom. The Morgan fingerprint density at radius 2 is 1.88 bits per heavy atom. The van der Waals surface area contributed by atoms with Crippen LogP contribution in [0.1, 0.15) is 5.56 Å². The summed E-state index contributed by atoms with van der Waals surface area (Å²) >= 11 is 0. The largest absolute Gasteiger partial charge is 0.423 e. The van der Waals surface area contributed by atoms with Crippen molar-refractivity contribution in [2.75, 3.05) is 0 Å². The van der Waals surface area contributed by atoms with Crippen LogP contribution in [0.4, 0.5) is 0 Å². The van der Waals surface area contributed by atoms with Crippen LogP contribution in [-0.4, -0.2) is 4.57 Å². The molecule has 0 spiro atoms. The Morgan fingerprint density at radius 3 is 2.62 bits per heavy atom. The summed E-state index contributed by atoms with van der Waals surface area (Å²) in [4.78, 5) is 11.5. The zero-order chi connectivity index (χ0) is 16.7. The molecule has 0 amide bonds. The van der Waals surface area contributed by atoms with Crippen LogP contribution in [0.2, 0.25) is 0 Å². The second-order valence-corrected chi connectivity index (χ2v) is 5.87. The fourth-order valence-corrected chi connectivity index (χ4v) is 3.48. The molecule has 0 aliphatic rings. The number of nitrogens with zero attached hydrogens (tertiary/aromatic N) is 1. The summed E-state index contributed by atoms with van der Waals surface area (Å²) in [5.74, 6) is 0. The number of aryl methyl sites for hydroxylation is 1. The molecule has 0 saturated carbocycles. The monoisotopic (exact) mass is 315 g/mol. The molecule has 4 aromatic rings. The van der Waals surface area contributed by atoms with Gasteiger partial charge < -0.3 is 8.98 Å². The number of benzene rings is 2. The van der Waals surface area contributed by atoms with E-state index >= 15 is 0 Å². The van der Waals surface area contributed by atoms with Gasteiger partial charge in [-0.15, -0.1) is 6.58 Å². The van der Waals surface area contributed by atoms with Crippen molar-refractivity contribution < 1.29 is 4.42 Å². The van der Waals surface area contributed by atoms with Crippen molar-refractivity contribution in [2.24, 2.45) is 7.05 Å². The maximum absolute atomic E-state index is 11.5. The van der Waals surface area contributed by atoms with Gasteiger partial charge in [-0.1, -0.05) is 36.4 Å². The van der Waals surface area contributed by atoms with Crippen LogP contribution in [-0.2, 0) is 13.5 Å². The number of fused-ring (bicyclic) bond motifs is 3. The van der Waals surface area contributed by atoms with Crippen molar-refractivity contribution >= 4 is 21.9 Å². The van der Waals surface area contributed by atoms with E-state index in [1.54, 1.807) is 0 Å². The molecule has 2 aromatic heterocycles. The second-order valence-electron chi connectivity index (χ2n) is 5.87. The van der Waals surface area contributed by atoms with Crippen molar-refractivity contribution in [2.45, 2.75) is 6.42 Å². The molecule has 0 N–H and O–H groups in total. The van der Waals surface area contributed by atoms with Crippen LogP contribution in [0.15, 0.2) is 76.5 Å². The molecule has 2 heterocycles. The molecule has 0 saturated heterocycles. The van der Waals surface area contributed by atoms with Gasteiger partial charge in [-0.25, -0.2) is 4.79 Å². The van der Waals surface area contributed by atoms with Gasteiger partial charge in [0.15, 0.2) is 0 Å². The first-order chi connectivity index (χ1) is 11.7. The van der Waals surface area contributed by atoms with Crippen LogP contribution in [0.5, 0.6) is 0 Å². The van der Waals surface area contributed by atoms with Crippen LogP contribution in [0, 0.1) is 0 Å². The zero-order valence-electron chi connectivity index (χ0n) is 13.5. The SMILES string of the molecule is C=CCc1c(-c2ccccc2)n(C)c2ccc3oc(=O)ccc3c12. The van der Waals surface area contributed by atoms with Crippen molar-refractivity contribution in [3.05, 3.63) is 83.2 Å². The smallest absolute Gasteiger partial charge is 0.336 e. The molecule has 0 fully saturated rings. The normalized spacial score (nSPS) is 11.2. The highest BCUT2D eigenvalue weighted by molar-refractivity contribution is 6.09. The average molecular weight is 315 g/mol. The Hall–Kier alpha value is -3.07. The third kappa shape index (κ3) is 2.09. The molecule has 4 rings (SSSR count). The summed E-state index contributed by atoms with van der Waals surface area (Å²) in [7, 11) is 2.07. The molecule has 0 radical (unpaired) electrons. The van der Waals surface area contributed by atoms with Gasteiger partial charge >= 0.3 is 5.63 Å². The van der Waals surface area contributed by atoms with Crippen molar-refractivity contribution in [3.63, 3.8) is 0 Å². The Labute approximate surface area is 139 Å². The fraction of sp³-hybridized carbons (Fsp3) is 0.0952. The van der Waals surface area contributed by atoms with E-state index in [4.69, 9.17) is 4.42 Å². The molecular weight excluding hydrogens is 298 g/mol. The van der Waals surface area contributed by atoms with E-state index in [9.17, 15) is 4.79 Å². The zero-order valence-corrected chi connectivity index (χ0v) is 13.5. The Kier molecular flexibility index (Phi) is 3.35. The summed E-state index contributed by atoms with van der Waals surface area (Å²) < 4.78 is 7.57. The number of allylic oxidation sites excluding steroid dienone is 1. The van der Waals surface area contributed by atoms with E-state index < -0.39 is 0 Å². The van der Waals surface area contributed by atoms with E-state index in [-0.39, 0.29) is 5.63 Å². The molecule has 2 aromatic carbocycles. The van der Waals surface area contributed by atoms with Gasteiger partial charge in [-0.05, 0) is 35.7 Å². The highest BCUT2D eigenvalue weighted by Crippen LogP contribution is 2.37. The molecular formula is C21H17NO2. The van der Waals surface area contributed by atoms with Gasteiger partial charge in [-0.2, -0.15) is 0 Å². The molecule has 3 nitrogen and oxygen atoms in total. The number of aromatic nitrogens is 1. The summed E-state index contributed by atoms with van der Waals surface area (Å²) in [5.41, 5.74) is 4.94. The van der Waals surface area contributed by atoms with Crippen LogP contribution < -0.4 is 5.63 Å². The Balaban J connectivity index is 2.19. The first kappa shape index (κ1) is 14.5. The molecule has 0 atom stereocenters. The standard InChI is InChI=1S/C21H17NO2/c1-3-7-16-20-15-10-13-19(23)24-18(15)12-11-17(20)22(2)21(16)14-8-5-4-6-9-14/h3-6,8-13H,1,7H2,2H3. The molecule has 3 heteroatoms. The van der Waals surface area contributed by atoms with Gasteiger partial charge in [0, 0.05) is 29.4 Å². The number of hydrogen-bond acceptors (Lipinski definition) is 2. The summed E-state index contributed by atoms with van der Waals surface area (Å²) in [6.07, 6.45) is 2.67. The van der Waals surface area contributed by atoms with Crippen molar-refractivity contribution in [3.8, 4) is 11.3 Å². The fourth-order valence-electron chi connectivity index (χ4n) is 3.48. The lowest BCUT2D eigenvalue weighted by Gasteiger charge is -2.07. The Bertz CT molecular complexity index is 1120. The third-order valence-corrected chi connectivity index (χ3v) is 4.46. The molecule has 0 unspecified atom stereocenters. The lowest BCUT2D eigenvalue weighted by atomic mass is 10.0. The summed E-state index contributed by atoms with van der Waals surface area (Å²) in [6.45, 7) is 3.92. The molecule has 0 bridgehead atoms. The number of rotatable bonds is 3. The number of hydrogen-bond donors (Lipinski definition) is 0. The minimum Gasteiger partial charge on any atom is -0.423 e. The van der Waals surface area contributed by atoms with E-state index in [1.165, 1.54) is 22.9 Å². The average Bonchev–Trinajstić information content (AvgIpc) is 2.88. The van der Waals surface area contributed by atoms with E-state index in [2.05, 4.69) is 30.3 Å². The highest BCUT2D eigenvalue weighted by Gasteiger charge is 2.18. The predicted octanol–water partition coefficient (Wildman–Crippen LogP) is 4.68. The van der Waals surface area contributed by atoms with Gasteiger partial charge in [0.1, 0.15) is 5.58 Å². The van der Waals surface area contributed by atoms with E-state index in [1.807, 2.05) is 42.5 Å². The van der Waals surface area contributed by atoms with Gasteiger partial charge in [-0.3, -0.25) is 0 Å². The lowest BCUT2D eigenvalue weighted by Crippen LogP contribution is -1.94. The van der Waals surface area contributed by atoms with Crippen LogP contribution >= 0.6 is 0 Å². The second kappa shape index (κ2) is 5.53. The maximum atomic E-state index is 11.5. The summed E-state index contributed by atoms with van der Waals surface area (Å²) in [5, 5.41) is 2.08. The summed E-state index contributed by atoms with van der Waals surface area (Å²) in [6, 6.07) is 17.5. The molecule has 24 heavy (non-hydrogen) atoms.